The molecule has 1 saturated carbocycles. The van der Waals surface area contributed by atoms with Crippen molar-refractivity contribution in [1.82, 2.24) is 0 Å². The van der Waals surface area contributed by atoms with Crippen molar-refractivity contribution < 1.29 is 0 Å². The standard InChI is InChI=1S/C14H21N5.ClH/c15-13(16)19-14(17)18-12-8-4-7-11(12)9-10-5-2-1-3-6-10;/h1-3,5-6,11-12H,4,7-9H2,(H6,15,16,17,18,19);1H. The predicted octanol–water partition coefficient (Wildman–Crippen LogP) is 1.41. The maximum atomic E-state index is 5.71. The second-order valence-electron chi connectivity index (χ2n) is 4.97. The monoisotopic (exact) mass is 295 g/mol. The molecular weight excluding hydrogens is 274 g/mol. The van der Waals surface area contributed by atoms with Crippen LogP contribution in [0.1, 0.15) is 24.8 Å². The van der Waals surface area contributed by atoms with E-state index in [0.717, 1.165) is 12.8 Å². The Balaban J connectivity index is 0.00000200. The first-order valence-electron chi connectivity index (χ1n) is 6.62. The molecule has 1 fully saturated rings. The molecule has 0 amide bonds. The van der Waals surface area contributed by atoms with E-state index in [2.05, 4.69) is 34.3 Å². The van der Waals surface area contributed by atoms with Gasteiger partial charge in [-0.3, -0.25) is 0 Å². The van der Waals surface area contributed by atoms with Gasteiger partial charge in [0, 0.05) is 0 Å². The van der Waals surface area contributed by atoms with Crippen LogP contribution in [0.3, 0.4) is 0 Å². The number of benzene rings is 1. The van der Waals surface area contributed by atoms with Gasteiger partial charge in [-0.2, -0.15) is 4.99 Å². The largest absolute Gasteiger partial charge is 0.370 e. The van der Waals surface area contributed by atoms with Gasteiger partial charge < -0.3 is 17.2 Å². The van der Waals surface area contributed by atoms with Gasteiger partial charge in [0.15, 0.2) is 5.96 Å². The molecule has 2 rings (SSSR count). The van der Waals surface area contributed by atoms with Crippen LogP contribution < -0.4 is 17.2 Å². The van der Waals surface area contributed by atoms with Crippen molar-refractivity contribution in [3.05, 3.63) is 35.9 Å². The van der Waals surface area contributed by atoms with E-state index < -0.39 is 0 Å². The van der Waals surface area contributed by atoms with Gasteiger partial charge in [-0.05, 0) is 30.7 Å². The molecule has 0 aliphatic heterocycles. The van der Waals surface area contributed by atoms with Crippen molar-refractivity contribution in [2.45, 2.75) is 31.7 Å². The summed E-state index contributed by atoms with van der Waals surface area (Å²) < 4.78 is 0. The summed E-state index contributed by atoms with van der Waals surface area (Å²) in [5.74, 6) is 0.666. The Morgan fingerprint density at radius 1 is 1.10 bits per heavy atom. The predicted molar refractivity (Wildman–Crippen MR) is 86.0 cm³/mol. The molecule has 0 heterocycles. The third kappa shape index (κ3) is 4.74. The number of nitrogens with two attached hydrogens (primary N) is 3. The molecular formula is C14H22ClN5. The van der Waals surface area contributed by atoms with Crippen LogP contribution in [0.25, 0.3) is 0 Å². The molecule has 1 aromatic carbocycles. The van der Waals surface area contributed by atoms with E-state index in [4.69, 9.17) is 17.2 Å². The van der Waals surface area contributed by atoms with Crippen LogP contribution in [0.5, 0.6) is 0 Å². The summed E-state index contributed by atoms with van der Waals surface area (Å²) in [6.07, 6.45) is 4.45. The molecule has 0 spiro atoms. The number of halogens is 1. The van der Waals surface area contributed by atoms with Crippen molar-refractivity contribution in [3.63, 3.8) is 0 Å². The molecule has 110 valence electrons. The Bertz CT molecular complexity index is 468. The van der Waals surface area contributed by atoms with E-state index in [1.54, 1.807) is 0 Å². The number of hydrogen-bond acceptors (Lipinski definition) is 1. The molecule has 1 aliphatic rings. The number of aliphatic imine (C=N–C) groups is 2. The van der Waals surface area contributed by atoms with Crippen LogP contribution in [0.15, 0.2) is 40.3 Å². The van der Waals surface area contributed by atoms with Gasteiger partial charge in [-0.1, -0.05) is 36.8 Å². The summed E-state index contributed by atoms with van der Waals surface area (Å²) >= 11 is 0. The van der Waals surface area contributed by atoms with Crippen molar-refractivity contribution in [2.24, 2.45) is 33.1 Å². The molecule has 0 saturated heterocycles. The molecule has 1 aromatic rings. The van der Waals surface area contributed by atoms with E-state index in [1.807, 2.05) is 6.07 Å². The zero-order valence-corrected chi connectivity index (χ0v) is 12.2. The summed E-state index contributed by atoms with van der Waals surface area (Å²) in [4.78, 5) is 8.22. The van der Waals surface area contributed by atoms with Crippen molar-refractivity contribution in [1.29, 1.82) is 0 Å². The normalized spacial score (nSPS) is 22.1. The Morgan fingerprint density at radius 3 is 2.45 bits per heavy atom. The van der Waals surface area contributed by atoms with E-state index in [0.29, 0.717) is 5.92 Å². The lowest BCUT2D eigenvalue weighted by atomic mass is 9.95. The van der Waals surface area contributed by atoms with E-state index in [-0.39, 0.29) is 30.4 Å². The molecule has 0 radical (unpaired) electrons. The first-order chi connectivity index (χ1) is 9.15. The number of rotatable bonds is 3. The second-order valence-corrected chi connectivity index (χ2v) is 4.97. The van der Waals surface area contributed by atoms with Crippen LogP contribution >= 0.6 is 12.4 Å². The third-order valence-electron chi connectivity index (χ3n) is 3.50. The minimum Gasteiger partial charge on any atom is -0.370 e. The van der Waals surface area contributed by atoms with Crippen LogP contribution in [0.2, 0.25) is 0 Å². The van der Waals surface area contributed by atoms with Gasteiger partial charge in [0.2, 0.25) is 5.96 Å². The summed E-state index contributed by atoms with van der Waals surface area (Å²) in [5, 5.41) is 0. The van der Waals surface area contributed by atoms with E-state index in [1.165, 1.54) is 18.4 Å². The number of nitrogens with zero attached hydrogens (tertiary/aromatic N) is 2. The van der Waals surface area contributed by atoms with Gasteiger partial charge in [-0.25, -0.2) is 4.99 Å². The highest BCUT2D eigenvalue weighted by molar-refractivity contribution is 5.92. The zero-order chi connectivity index (χ0) is 13.7. The van der Waals surface area contributed by atoms with Gasteiger partial charge in [0.1, 0.15) is 0 Å². The van der Waals surface area contributed by atoms with Gasteiger partial charge in [-0.15, -0.1) is 12.4 Å². The summed E-state index contributed by atoms with van der Waals surface area (Å²) in [6, 6.07) is 10.7. The maximum absolute atomic E-state index is 5.71. The van der Waals surface area contributed by atoms with Crippen LogP contribution in [0, 0.1) is 5.92 Å². The summed E-state index contributed by atoms with van der Waals surface area (Å²) in [5.41, 5.74) is 17.6. The molecule has 0 bridgehead atoms. The number of hydrogen-bond donors (Lipinski definition) is 3. The minimum atomic E-state index is -0.0427. The second kappa shape index (κ2) is 7.75. The topological polar surface area (TPSA) is 103 Å². The Hall–Kier alpha value is -1.75. The van der Waals surface area contributed by atoms with Crippen LogP contribution in [-0.2, 0) is 6.42 Å². The fraction of sp³-hybridized carbons (Fsp3) is 0.429. The van der Waals surface area contributed by atoms with Gasteiger partial charge in [0.05, 0.1) is 6.04 Å². The fourth-order valence-corrected chi connectivity index (χ4v) is 2.67. The lowest BCUT2D eigenvalue weighted by molar-refractivity contribution is 0.480. The fourth-order valence-electron chi connectivity index (χ4n) is 2.67. The molecule has 1 aliphatic carbocycles. The molecule has 5 nitrogen and oxygen atoms in total. The molecule has 6 heteroatoms. The highest BCUT2D eigenvalue weighted by Crippen LogP contribution is 2.31. The summed E-state index contributed by atoms with van der Waals surface area (Å²) in [7, 11) is 0. The maximum Gasteiger partial charge on any atom is 0.218 e. The lowest BCUT2D eigenvalue weighted by Gasteiger charge is -2.16. The van der Waals surface area contributed by atoms with E-state index in [9.17, 15) is 0 Å². The molecule has 2 atom stereocenters. The van der Waals surface area contributed by atoms with E-state index >= 15 is 0 Å². The van der Waals surface area contributed by atoms with Gasteiger partial charge >= 0.3 is 0 Å². The average molecular weight is 296 g/mol. The van der Waals surface area contributed by atoms with Crippen LogP contribution in [0.4, 0.5) is 0 Å². The van der Waals surface area contributed by atoms with Crippen molar-refractivity contribution in [2.75, 3.05) is 0 Å². The zero-order valence-electron chi connectivity index (χ0n) is 11.4. The van der Waals surface area contributed by atoms with Crippen molar-refractivity contribution in [3.8, 4) is 0 Å². The smallest absolute Gasteiger partial charge is 0.218 e. The molecule has 6 N–H and O–H groups in total. The van der Waals surface area contributed by atoms with Crippen molar-refractivity contribution >= 4 is 24.3 Å². The van der Waals surface area contributed by atoms with Crippen LogP contribution in [-0.4, -0.2) is 18.0 Å². The Kier molecular flexibility index (Phi) is 6.31. The first kappa shape index (κ1) is 16.3. The Labute approximate surface area is 125 Å². The quantitative estimate of drug-likeness (QED) is 0.580. The minimum absolute atomic E-state index is 0. The first-order valence-corrected chi connectivity index (χ1v) is 6.62. The molecule has 2 unspecified atom stereocenters. The lowest BCUT2D eigenvalue weighted by Crippen LogP contribution is -2.27. The third-order valence-corrected chi connectivity index (χ3v) is 3.50. The Morgan fingerprint density at radius 2 is 1.80 bits per heavy atom. The molecule has 0 aromatic heterocycles. The molecule has 20 heavy (non-hydrogen) atoms. The van der Waals surface area contributed by atoms with Gasteiger partial charge in [0.25, 0.3) is 0 Å². The highest BCUT2D eigenvalue weighted by Gasteiger charge is 2.27. The number of guanidine groups is 2. The summed E-state index contributed by atoms with van der Waals surface area (Å²) in [6.45, 7) is 0. The highest BCUT2D eigenvalue weighted by atomic mass is 35.5. The SMILES string of the molecule is Cl.NC(N)=NC(N)=NC1CCCC1Cc1ccccc1. The average Bonchev–Trinajstić information content (AvgIpc) is 2.77.